The average molecular weight is 299 g/mol. The van der Waals surface area contributed by atoms with E-state index in [0.29, 0.717) is 19.8 Å². The summed E-state index contributed by atoms with van der Waals surface area (Å²) < 4.78 is 7.03. The lowest BCUT2D eigenvalue weighted by Crippen LogP contribution is -2.52. The van der Waals surface area contributed by atoms with Crippen molar-refractivity contribution >= 4 is 5.91 Å². The van der Waals surface area contributed by atoms with Gasteiger partial charge in [0.2, 0.25) is 5.91 Å². The van der Waals surface area contributed by atoms with Gasteiger partial charge in [-0.25, -0.2) is 4.68 Å². The molecule has 0 N–H and O–H groups in total. The van der Waals surface area contributed by atoms with Crippen LogP contribution in [0.1, 0.15) is 18.1 Å². The highest BCUT2D eigenvalue weighted by Gasteiger charge is 2.42. The summed E-state index contributed by atoms with van der Waals surface area (Å²) in [4.78, 5) is 14.2. The van der Waals surface area contributed by atoms with Gasteiger partial charge in [-0.15, -0.1) is 0 Å². The zero-order valence-electron chi connectivity index (χ0n) is 13.2. The number of aromatic nitrogens is 2. The Labute approximate surface area is 130 Å². The molecule has 1 aliphatic heterocycles. The maximum atomic E-state index is 12.4. The third-order valence-corrected chi connectivity index (χ3v) is 4.12. The van der Waals surface area contributed by atoms with E-state index in [4.69, 9.17) is 4.74 Å². The molecule has 1 aromatic carbocycles. The molecule has 1 saturated heterocycles. The second kappa shape index (κ2) is 5.57. The SMILES string of the molecule is Cc1ccccc1-n1cc(CN(C)C(=O)C2(C)COC2)cn1. The van der Waals surface area contributed by atoms with Crippen LogP contribution in [0.25, 0.3) is 5.69 Å². The first-order chi connectivity index (χ1) is 10.5. The smallest absolute Gasteiger partial charge is 0.233 e. The Bertz CT molecular complexity index is 689. The fourth-order valence-electron chi connectivity index (χ4n) is 2.73. The van der Waals surface area contributed by atoms with Crippen molar-refractivity contribution in [1.29, 1.82) is 0 Å². The molecule has 0 spiro atoms. The van der Waals surface area contributed by atoms with Crippen molar-refractivity contribution in [3.05, 3.63) is 47.8 Å². The van der Waals surface area contributed by atoms with Crippen molar-refractivity contribution in [2.75, 3.05) is 20.3 Å². The van der Waals surface area contributed by atoms with Crippen LogP contribution < -0.4 is 0 Å². The standard InChI is InChI=1S/C17H21N3O2/c1-13-6-4-5-7-15(13)20-10-14(8-18-20)9-19(3)16(21)17(2)11-22-12-17/h4-8,10H,9,11-12H2,1-3H3. The number of nitrogens with zero attached hydrogens (tertiary/aromatic N) is 3. The number of ether oxygens (including phenoxy) is 1. The second-order valence-corrected chi connectivity index (χ2v) is 6.29. The van der Waals surface area contributed by atoms with Crippen molar-refractivity contribution in [1.82, 2.24) is 14.7 Å². The number of para-hydroxylation sites is 1. The Morgan fingerprint density at radius 3 is 2.77 bits per heavy atom. The molecule has 1 amide bonds. The first-order valence-corrected chi connectivity index (χ1v) is 7.42. The lowest BCUT2D eigenvalue weighted by atomic mass is 9.87. The Morgan fingerprint density at radius 1 is 1.41 bits per heavy atom. The van der Waals surface area contributed by atoms with Gasteiger partial charge in [0.25, 0.3) is 0 Å². The molecule has 1 aliphatic rings. The number of hydrogen-bond acceptors (Lipinski definition) is 3. The van der Waals surface area contributed by atoms with Gasteiger partial charge in [-0.1, -0.05) is 18.2 Å². The summed E-state index contributed by atoms with van der Waals surface area (Å²) in [5.74, 6) is 0.127. The molecule has 1 aromatic heterocycles. The zero-order valence-corrected chi connectivity index (χ0v) is 13.2. The van der Waals surface area contributed by atoms with E-state index >= 15 is 0 Å². The third-order valence-electron chi connectivity index (χ3n) is 4.12. The molecular weight excluding hydrogens is 278 g/mol. The van der Waals surface area contributed by atoms with Crippen LogP contribution in [0.2, 0.25) is 0 Å². The van der Waals surface area contributed by atoms with Crippen LogP contribution in [0, 0.1) is 12.3 Å². The van der Waals surface area contributed by atoms with Gasteiger partial charge in [-0.05, 0) is 25.5 Å². The van der Waals surface area contributed by atoms with E-state index in [1.807, 2.05) is 49.2 Å². The summed E-state index contributed by atoms with van der Waals surface area (Å²) in [6.07, 6.45) is 3.79. The number of carbonyl (C=O) groups is 1. The van der Waals surface area contributed by atoms with Crippen LogP contribution in [0.3, 0.4) is 0 Å². The van der Waals surface area contributed by atoms with Crippen LogP contribution >= 0.6 is 0 Å². The molecule has 0 atom stereocenters. The summed E-state index contributed by atoms with van der Waals surface area (Å²) in [6, 6.07) is 8.10. The molecule has 0 bridgehead atoms. The topological polar surface area (TPSA) is 47.4 Å². The minimum atomic E-state index is -0.360. The second-order valence-electron chi connectivity index (χ2n) is 6.29. The summed E-state index contributed by atoms with van der Waals surface area (Å²) in [5, 5.41) is 4.41. The van der Waals surface area contributed by atoms with Crippen molar-refractivity contribution in [3.63, 3.8) is 0 Å². The molecule has 5 nitrogen and oxygen atoms in total. The molecule has 0 saturated carbocycles. The maximum Gasteiger partial charge on any atom is 0.233 e. The normalized spacial score (nSPS) is 16.1. The Kier molecular flexibility index (Phi) is 3.74. The summed E-state index contributed by atoms with van der Waals surface area (Å²) >= 11 is 0. The monoisotopic (exact) mass is 299 g/mol. The summed E-state index contributed by atoms with van der Waals surface area (Å²) in [6.45, 7) is 5.59. The van der Waals surface area contributed by atoms with E-state index in [-0.39, 0.29) is 11.3 Å². The largest absolute Gasteiger partial charge is 0.379 e. The third kappa shape index (κ3) is 2.64. The van der Waals surface area contributed by atoms with E-state index in [0.717, 1.165) is 11.3 Å². The number of hydrogen-bond donors (Lipinski definition) is 0. The molecule has 0 aliphatic carbocycles. The Morgan fingerprint density at radius 2 is 2.14 bits per heavy atom. The lowest BCUT2D eigenvalue weighted by molar-refractivity contribution is -0.167. The average Bonchev–Trinajstić information content (AvgIpc) is 2.92. The van der Waals surface area contributed by atoms with Crippen molar-refractivity contribution < 1.29 is 9.53 Å². The zero-order chi connectivity index (χ0) is 15.7. The molecule has 1 fully saturated rings. The molecule has 0 radical (unpaired) electrons. The van der Waals surface area contributed by atoms with E-state index in [1.54, 1.807) is 4.90 Å². The first-order valence-electron chi connectivity index (χ1n) is 7.42. The number of aryl methyl sites for hydroxylation is 1. The van der Waals surface area contributed by atoms with Gasteiger partial charge in [-0.3, -0.25) is 4.79 Å². The first kappa shape index (κ1) is 14.8. The molecule has 22 heavy (non-hydrogen) atoms. The van der Waals surface area contributed by atoms with Crippen LogP contribution in [0.4, 0.5) is 0 Å². The van der Waals surface area contributed by atoms with Crippen LogP contribution in [-0.2, 0) is 16.1 Å². The quantitative estimate of drug-likeness (QED) is 0.869. The maximum absolute atomic E-state index is 12.4. The lowest BCUT2D eigenvalue weighted by Gasteiger charge is -2.39. The van der Waals surface area contributed by atoms with Crippen LogP contribution in [-0.4, -0.2) is 40.8 Å². The van der Waals surface area contributed by atoms with Gasteiger partial charge in [0.1, 0.15) is 0 Å². The molecular formula is C17H21N3O2. The van der Waals surface area contributed by atoms with Crippen LogP contribution in [0.15, 0.2) is 36.7 Å². The van der Waals surface area contributed by atoms with Gasteiger partial charge in [-0.2, -0.15) is 5.10 Å². The minimum Gasteiger partial charge on any atom is -0.379 e. The van der Waals surface area contributed by atoms with Crippen molar-refractivity contribution in [3.8, 4) is 5.69 Å². The molecule has 0 unspecified atom stereocenters. The van der Waals surface area contributed by atoms with Gasteiger partial charge < -0.3 is 9.64 Å². The molecule has 2 aromatic rings. The highest BCUT2D eigenvalue weighted by atomic mass is 16.5. The fourth-order valence-corrected chi connectivity index (χ4v) is 2.73. The summed E-state index contributed by atoms with van der Waals surface area (Å²) in [5.41, 5.74) is 2.88. The van der Waals surface area contributed by atoms with E-state index in [9.17, 15) is 4.79 Å². The number of rotatable bonds is 4. The molecule has 3 rings (SSSR count). The van der Waals surface area contributed by atoms with Gasteiger partial charge in [0.05, 0.1) is 30.5 Å². The Balaban J connectivity index is 1.72. The number of carbonyl (C=O) groups excluding carboxylic acids is 1. The van der Waals surface area contributed by atoms with E-state index in [1.165, 1.54) is 5.56 Å². The number of amides is 1. The predicted octanol–water partition coefficient (Wildman–Crippen LogP) is 2.18. The molecule has 116 valence electrons. The molecule has 2 heterocycles. The van der Waals surface area contributed by atoms with Crippen molar-refractivity contribution in [2.45, 2.75) is 20.4 Å². The van der Waals surface area contributed by atoms with Crippen LogP contribution in [0.5, 0.6) is 0 Å². The van der Waals surface area contributed by atoms with Gasteiger partial charge in [0.15, 0.2) is 0 Å². The highest BCUT2D eigenvalue weighted by Crippen LogP contribution is 2.29. The Hall–Kier alpha value is -2.14. The predicted molar refractivity (Wildman–Crippen MR) is 83.7 cm³/mol. The van der Waals surface area contributed by atoms with E-state index < -0.39 is 0 Å². The minimum absolute atomic E-state index is 0.127. The number of benzene rings is 1. The van der Waals surface area contributed by atoms with Gasteiger partial charge in [0, 0.05) is 25.4 Å². The fraction of sp³-hybridized carbons (Fsp3) is 0.412. The summed E-state index contributed by atoms with van der Waals surface area (Å²) in [7, 11) is 1.83. The van der Waals surface area contributed by atoms with E-state index in [2.05, 4.69) is 18.1 Å². The molecule has 5 heteroatoms. The van der Waals surface area contributed by atoms with Crippen molar-refractivity contribution in [2.24, 2.45) is 5.41 Å². The van der Waals surface area contributed by atoms with Gasteiger partial charge >= 0.3 is 0 Å². The highest BCUT2D eigenvalue weighted by molar-refractivity contribution is 5.83.